The highest BCUT2D eigenvalue weighted by molar-refractivity contribution is 5.98. The van der Waals surface area contributed by atoms with Crippen LogP contribution in [0, 0.1) is 6.92 Å². The highest BCUT2D eigenvalue weighted by Crippen LogP contribution is 2.25. The molecular weight excluding hydrogens is 402 g/mol. The number of rotatable bonds is 5. The summed E-state index contributed by atoms with van der Waals surface area (Å²) in [5.41, 5.74) is 2.41. The van der Waals surface area contributed by atoms with Crippen LogP contribution < -0.4 is 4.90 Å². The Kier molecular flexibility index (Phi) is 3.48. The summed E-state index contributed by atoms with van der Waals surface area (Å²) in [6.07, 6.45) is 4.49. The number of fused-ring (bicyclic) bond motifs is 1. The zero-order chi connectivity index (χ0) is 29.3. The number of anilines is 1. The number of hydrogen-bond acceptors (Lipinski definition) is 6. The molecule has 7 heteroatoms. The number of carbonyl (C=O) groups is 1. The molecule has 0 atom stereocenters. The van der Waals surface area contributed by atoms with E-state index in [4.69, 9.17) is 11.0 Å². The maximum atomic E-state index is 13.2. The van der Waals surface area contributed by atoms with E-state index in [1.165, 1.54) is 6.07 Å². The smallest absolute Gasteiger partial charge is 0.169 e. The summed E-state index contributed by atoms with van der Waals surface area (Å²) in [6.45, 7) is -10.9. The van der Waals surface area contributed by atoms with Crippen molar-refractivity contribution >= 4 is 22.4 Å². The number of aryl methyl sites for hydroxylation is 1. The van der Waals surface area contributed by atoms with Crippen molar-refractivity contribution in [1.82, 2.24) is 19.5 Å². The number of pyridine rings is 2. The van der Waals surface area contributed by atoms with Crippen LogP contribution in [0.2, 0.25) is 0 Å². The molecule has 0 radical (unpaired) electrons. The molecule has 0 saturated carbocycles. The average molecular weight is 436 g/mol. The molecule has 1 aliphatic rings. The Morgan fingerprint density at radius 3 is 2.69 bits per heavy atom. The first kappa shape index (κ1) is 13.1. The standard InChI is InChI=1S/C25H25N5O2/c1-17-27-16-23(29(17)2)18-3-4-20-15-28-22(12-21(20)11-18)14-24(31)19-5-6-26-25(13-19)30-7-9-32-10-8-30/h3-6,11-13,15-16H,7-10,14H2,1-2H3/i7D2,8D2,9D2,10D2. The maximum Gasteiger partial charge on any atom is 0.169 e. The van der Waals surface area contributed by atoms with Gasteiger partial charge in [0.25, 0.3) is 0 Å². The predicted molar refractivity (Wildman–Crippen MR) is 124 cm³/mol. The SMILES string of the molecule is [2H]C1([2H])OC([2H])([2H])C([2H])([2H])N(c2cc(C(=O)Cc3cc4cc(-c5cnc(C)n5C)ccc4cn3)ccn2)C1([2H])[2H]. The van der Waals surface area contributed by atoms with Crippen LogP contribution in [0.5, 0.6) is 0 Å². The van der Waals surface area contributed by atoms with Crippen LogP contribution in [-0.2, 0) is 18.2 Å². The first-order valence-electron chi connectivity index (χ1n) is 13.9. The molecule has 0 unspecified atom stereocenters. The minimum atomic E-state index is -3.23. The number of nitrogens with zero attached hydrogens (tertiary/aromatic N) is 5. The topological polar surface area (TPSA) is 73.1 Å². The monoisotopic (exact) mass is 435 g/mol. The minimum Gasteiger partial charge on any atom is -0.378 e. The van der Waals surface area contributed by atoms with Crippen molar-refractivity contribution in [3.63, 3.8) is 0 Å². The highest BCUT2D eigenvalue weighted by atomic mass is 16.5. The summed E-state index contributed by atoms with van der Waals surface area (Å²) in [5.74, 6) is -0.00728. The van der Waals surface area contributed by atoms with Gasteiger partial charge in [-0.2, -0.15) is 0 Å². The van der Waals surface area contributed by atoms with Crippen molar-refractivity contribution in [1.29, 1.82) is 0 Å². The minimum absolute atomic E-state index is 0.0465. The number of hydrogen-bond donors (Lipinski definition) is 0. The fourth-order valence-corrected chi connectivity index (χ4v) is 3.50. The van der Waals surface area contributed by atoms with Gasteiger partial charge >= 0.3 is 0 Å². The summed E-state index contributed by atoms with van der Waals surface area (Å²) < 4.78 is 71.0. The predicted octanol–water partition coefficient (Wildman–Crippen LogP) is 3.60. The largest absolute Gasteiger partial charge is 0.378 e. The molecule has 32 heavy (non-hydrogen) atoms. The Balaban J connectivity index is 1.46. The normalized spacial score (nSPS) is 24.1. The Bertz CT molecular complexity index is 1610. The van der Waals surface area contributed by atoms with Crippen LogP contribution in [0.3, 0.4) is 0 Å². The lowest BCUT2D eigenvalue weighted by molar-refractivity contribution is 0.0992. The fourth-order valence-electron chi connectivity index (χ4n) is 3.50. The summed E-state index contributed by atoms with van der Waals surface area (Å²) in [4.78, 5) is 26.2. The molecule has 1 aromatic carbocycles. The van der Waals surface area contributed by atoms with Crippen LogP contribution in [0.25, 0.3) is 22.0 Å². The van der Waals surface area contributed by atoms with E-state index in [-0.39, 0.29) is 16.9 Å². The number of Topliss-reactive ketones (excluding diaryl/α,β-unsaturated/α-hetero) is 1. The second-order valence-electron chi connectivity index (χ2n) is 7.36. The van der Waals surface area contributed by atoms with Gasteiger partial charge in [0.2, 0.25) is 0 Å². The lowest BCUT2D eigenvalue weighted by atomic mass is 10.0. The van der Waals surface area contributed by atoms with Gasteiger partial charge in [-0.25, -0.2) is 9.97 Å². The van der Waals surface area contributed by atoms with E-state index >= 15 is 0 Å². The van der Waals surface area contributed by atoms with E-state index < -0.39 is 37.7 Å². The Morgan fingerprint density at radius 1 is 1.06 bits per heavy atom. The van der Waals surface area contributed by atoms with Gasteiger partial charge in [-0.3, -0.25) is 9.78 Å². The lowest BCUT2D eigenvalue weighted by Crippen LogP contribution is -2.36. The molecular formula is C25H25N5O2. The van der Waals surface area contributed by atoms with Crippen LogP contribution in [0.4, 0.5) is 5.82 Å². The fraction of sp³-hybridized carbons (Fsp3) is 0.280. The molecule has 1 aliphatic heterocycles. The number of ketones is 1. The molecule has 162 valence electrons. The quantitative estimate of drug-likeness (QED) is 0.446. The van der Waals surface area contributed by atoms with Crippen molar-refractivity contribution in [2.75, 3.05) is 31.0 Å². The van der Waals surface area contributed by atoms with E-state index in [0.717, 1.165) is 40.1 Å². The number of carbonyl (C=O) groups excluding carboxylic acids is 1. The number of imidazole rings is 1. The molecule has 1 saturated heterocycles. The zero-order valence-corrected chi connectivity index (χ0v) is 17.5. The van der Waals surface area contributed by atoms with Gasteiger partial charge in [0, 0.05) is 54.6 Å². The molecule has 1 fully saturated rings. The molecule has 3 aromatic heterocycles. The lowest BCUT2D eigenvalue weighted by Gasteiger charge is -2.27. The second kappa shape index (κ2) is 8.51. The van der Waals surface area contributed by atoms with Crippen LogP contribution >= 0.6 is 0 Å². The van der Waals surface area contributed by atoms with Crippen LogP contribution in [0.15, 0.2) is 55.0 Å². The number of morpholine rings is 1. The molecule has 0 spiro atoms. The summed E-state index contributed by atoms with van der Waals surface area (Å²) in [5, 5.41) is 1.74. The van der Waals surface area contributed by atoms with Gasteiger partial charge in [0.05, 0.1) is 42.4 Å². The van der Waals surface area contributed by atoms with Crippen molar-refractivity contribution < 1.29 is 20.5 Å². The Labute approximate surface area is 197 Å². The van der Waals surface area contributed by atoms with E-state index in [2.05, 4.69) is 19.7 Å². The molecule has 0 bridgehead atoms. The zero-order valence-electron chi connectivity index (χ0n) is 25.5. The van der Waals surface area contributed by atoms with Gasteiger partial charge in [-0.05, 0) is 36.6 Å². The first-order chi connectivity index (χ1) is 18.5. The molecule has 0 N–H and O–H groups in total. The Hall–Kier alpha value is -3.58. The molecule has 5 rings (SSSR count). The number of benzene rings is 1. The highest BCUT2D eigenvalue weighted by Gasteiger charge is 2.15. The summed E-state index contributed by atoms with van der Waals surface area (Å²) in [6, 6.07) is 10.2. The van der Waals surface area contributed by atoms with Crippen molar-refractivity contribution in [3.05, 3.63) is 72.1 Å². The molecule has 4 aromatic rings. The van der Waals surface area contributed by atoms with Crippen LogP contribution in [0.1, 0.15) is 32.8 Å². The van der Waals surface area contributed by atoms with Gasteiger partial charge in [-0.15, -0.1) is 0 Å². The summed E-state index contributed by atoms with van der Waals surface area (Å²) in [7, 11) is 1.93. The van der Waals surface area contributed by atoms with Crippen molar-refractivity contribution in [2.45, 2.75) is 13.3 Å². The van der Waals surface area contributed by atoms with Gasteiger partial charge in [-0.1, -0.05) is 12.1 Å². The van der Waals surface area contributed by atoms with Crippen molar-refractivity contribution in [2.24, 2.45) is 7.05 Å². The second-order valence-corrected chi connectivity index (χ2v) is 7.36. The Morgan fingerprint density at radius 2 is 1.91 bits per heavy atom. The van der Waals surface area contributed by atoms with Crippen LogP contribution in [-0.4, -0.2) is 51.4 Å². The molecule has 4 heterocycles. The van der Waals surface area contributed by atoms with E-state index in [9.17, 15) is 4.79 Å². The average Bonchev–Trinajstić information content (AvgIpc) is 3.20. The number of ether oxygens (including phenoxy) is 1. The van der Waals surface area contributed by atoms with E-state index in [1.54, 1.807) is 18.5 Å². The number of aromatic nitrogens is 4. The van der Waals surface area contributed by atoms with Crippen molar-refractivity contribution in [3.8, 4) is 11.3 Å². The van der Waals surface area contributed by atoms with Gasteiger partial charge < -0.3 is 14.2 Å². The molecule has 0 aliphatic carbocycles. The molecule has 0 amide bonds. The van der Waals surface area contributed by atoms with E-state index in [0.29, 0.717) is 5.69 Å². The third kappa shape index (κ3) is 3.99. The molecule has 7 nitrogen and oxygen atoms in total. The third-order valence-electron chi connectivity index (χ3n) is 5.35. The maximum absolute atomic E-state index is 13.2. The first-order valence-corrected chi connectivity index (χ1v) is 9.92. The van der Waals surface area contributed by atoms with Gasteiger partial charge in [0.1, 0.15) is 11.6 Å². The van der Waals surface area contributed by atoms with E-state index in [1.807, 2.05) is 36.7 Å². The van der Waals surface area contributed by atoms with Gasteiger partial charge in [0.15, 0.2) is 5.78 Å². The summed E-state index contributed by atoms with van der Waals surface area (Å²) >= 11 is 0. The third-order valence-corrected chi connectivity index (χ3v) is 5.35.